The summed E-state index contributed by atoms with van der Waals surface area (Å²) >= 11 is 0. The Bertz CT molecular complexity index is 561. The van der Waals surface area contributed by atoms with Crippen LogP contribution >= 0.6 is 12.4 Å². The first-order chi connectivity index (χ1) is 10.7. The van der Waals surface area contributed by atoms with Gasteiger partial charge < -0.3 is 14.8 Å². The number of halogens is 1. The van der Waals surface area contributed by atoms with Crippen LogP contribution in [0, 0.1) is 17.8 Å². The van der Waals surface area contributed by atoms with E-state index in [9.17, 15) is 4.79 Å². The summed E-state index contributed by atoms with van der Waals surface area (Å²) in [5.74, 6) is 3.71. The highest BCUT2D eigenvalue weighted by Crippen LogP contribution is 2.49. The number of hydrogen-bond donors (Lipinski definition) is 1. The van der Waals surface area contributed by atoms with Crippen molar-refractivity contribution in [1.29, 1.82) is 0 Å². The zero-order valence-corrected chi connectivity index (χ0v) is 14.6. The number of carbonyl (C=O) groups excluding carboxylic acids is 1. The molecule has 0 aromatic carbocycles. The molecule has 1 saturated heterocycles. The maximum absolute atomic E-state index is 12.9. The van der Waals surface area contributed by atoms with E-state index in [-0.39, 0.29) is 18.4 Å². The topological polar surface area (TPSA) is 50.2 Å². The van der Waals surface area contributed by atoms with E-state index >= 15 is 0 Å². The molecule has 3 fully saturated rings. The van der Waals surface area contributed by atoms with E-state index in [1.54, 1.807) is 0 Å². The van der Waals surface area contributed by atoms with Crippen LogP contribution < -0.4 is 5.32 Å². The number of carbonyl (C=O) groups is 1. The van der Waals surface area contributed by atoms with Gasteiger partial charge in [0.05, 0.1) is 0 Å². The van der Waals surface area contributed by atoms with Gasteiger partial charge in [0.1, 0.15) is 11.9 Å². The Labute approximate surface area is 144 Å². The highest BCUT2D eigenvalue weighted by Gasteiger charge is 2.41. The highest BCUT2D eigenvalue weighted by atomic mass is 35.5. The molecule has 6 heteroatoms. The normalized spacial score (nSPS) is 32.8. The molecule has 1 amide bonds. The number of fused-ring (bicyclic) bond motifs is 2. The lowest BCUT2D eigenvalue weighted by Gasteiger charge is -2.37. The van der Waals surface area contributed by atoms with Crippen LogP contribution in [0.15, 0.2) is 12.4 Å². The summed E-state index contributed by atoms with van der Waals surface area (Å²) < 4.78 is 2.04. The van der Waals surface area contributed by atoms with Crippen LogP contribution in [0.3, 0.4) is 0 Å². The first-order valence-electron chi connectivity index (χ1n) is 8.69. The van der Waals surface area contributed by atoms with E-state index in [1.807, 2.05) is 24.0 Å². The van der Waals surface area contributed by atoms with Gasteiger partial charge in [-0.15, -0.1) is 12.4 Å². The van der Waals surface area contributed by atoms with Gasteiger partial charge in [-0.2, -0.15) is 0 Å². The molecular weight excluding hydrogens is 312 g/mol. The average molecular weight is 339 g/mol. The first-order valence-corrected chi connectivity index (χ1v) is 8.69. The Morgan fingerprint density at radius 3 is 2.91 bits per heavy atom. The largest absolute Gasteiger partial charge is 0.336 e. The summed E-state index contributed by atoms with van der Waals surface area (Å²) in [6, 6.07) is 0.0832. The number of nitrogens with one attached hydrogen (secondary N) is 1. The molecule has 0 spiro atoms. The molecule has 1 aliphatic heterocycles. The number of hydrogen-bond acceptors (Lipinski definition) is 3. The molecular formula is C17H27ClN4O. The molecule has 2 bridgehead atoms. The smallest absolute Gasteiger partial charge is 0.223 e. The fourth-order valence-corrected chi connectivity index (χ4v) is 4.90. The minimum Gasteiger partial charge on any atom is -0.336 e. The Kier molecular flexibility index (Phi) is 4.97. The predicted octanol–water partition coefficient (Wildman–Crippen LogP) is 2.14. The minimum absolute atomic E-state index is 0. The lowest BCUT2D eigenvalue weighted by molar-refractivity contribution is -0.136. The zero-order chi connectivity index (χ0) is 15.1. The van der Waals surface area contributed by atoms with Crippen molar-refractivity contribution in [2.24, 2.45) is 24.8 Å². The summed E-state index contributed by atoms with van der Waals surface area (Å²) in [6.45, 7) is 2.51. The van der Waals surface area contributed by atoms with Gasteiger partial charge in [-0.3, -0.25) is 4.79 Å². The van der Waals surface area contributed by atoms with Crippen LogP contribution in [-0.2, 0) is 11.8 Å². The molecule has 4 unspecified atom stereocenters. The van der Waals surface area contributed by atoms with Crippen molar-refractivity contribution in [3.8, 4) is 0 Å². The van der Waals surface area contributed by atoms with Crippen LogP contribution in [0.2, 0.25) is 0 Å². The zero-order valence-electron chi connectivity index (χ0n) is 13.8. The van der Waals surface area contributed by atoms with Crippen LogP contribution in [0.4, 0.5) is 0 Å². The number of rotatable bonds is 3. The third kappa shape index (κ3) is 3.13. The number of piperazine rings is 1. The van der Waals surface area contributed by atoms with Gasteiger partial charge in [-0.05, 0) is 37.0 Å². The van der Waals surface area contributed by atoms with Gasteiger partial charge in [-0.25, -0.2) is 4.98 Å². The Balaban J connectivity index is 0.00000156. The third-order valence-electron chi connectivity index (χ3n) is 6.04. The van der Waals surface area contributed by atoms with Gasteiger partial charge in [0.25, 0.3) is 0 Å². The molecule has 2 aliphatic carbocycles. The minimum atomic E-state index is 0. The van der Waals surface area contributed by atoms with Crippen LogP contribution in [0.5, 0.6) is 0 Å². The number of nitrogens with zero attached hydrogens (tertiary/aromatic N) is 3. The fourth-order valence-electron chi connectivity index (χ4n) is 4.90. The van der Waals surface area contributed by atoms with E-state index in [0.717, 1.165) is 43.7 Å². The summed E-state index contributed by atoms with van der Waals surface area (Å²) in [6.07, 6.45) is 9.96. The molecule has 1 aromatic heterocycles. The standard InChI is InChI=1S/C17H26N4O.ClH/c1-20-6-5-19-17(20)15-11-18-4-7-21(15)16(22)10-14-9-12-2-3-13(14)8-12;/h5-6,12-15,18H,2-4,7-11H2,1H3;1H. The monoisotopic (exact) mass is 338 g/mol. The molecule has 3 aliphatic rings. The van der Waals surface area contributed by atoms with Crippen LogP contribution in [0.1, 0.15) is 44.0 Å². The van der Waals surface area contributed by atoms with E-state index in [4.69, 9.17) is 0 Å². The van der Waals surface area contributed by atoms with E-state index in [0.29, 0.717) is 11.8 Å². The van der Waals surface area contributed by atoms with E-state index in [2.05, 4.69) is 15.2 Å². The third-order valence-corrected chi connectivity index (χ3v) is 6.04. The van der Waals surface area contributed by atoms with Crippen molar-refractivity contribution in [3.63, 3.8) is 0 Å². The molecule has 0 radical (unpaired) electrons. The molecule has 2 heterocycles. The van der Waals surface area contributed by atoms with Crippen molar-refractivity contribution in [3.05, 3.63) is 18.2 Å². The van der Waals surface area contributed by atoms with Gasteiger partial charge in [0, 0.05) is 45.5 Å². The van der Waals surface area contributed by atoms with Gasteiger partial charge in [-0.1, -0.05) is 6.42 Å². The fraction of sp³-hybridized carbons (Fsp3) is 0.765. The van der Waals surface area contributed by atoms with Crippen LogP contribution in [0.25, 0.3) is 0 Å². The van der Waals surface area contributed by atoms with Crippen molar-refractivity contribution >= 4 is 18.3 Å². The maximum Gasteiger partial charge on any atom is 0.223 e. The van der Waals surface area contributed by atoms with E-state index in [1.165, 1.54) is 25.7 Å². The van der Waals surface area contributed by atoms with Crippen molar-refractivity contribution in [2.75, 3.05) is 19.6 Å². The molecule has 1 N–H and O–H groups in total. The van der Waals surface area contributed by atoms with Crippen LogP contribution in [-0.4, -0.2) is 40.0 Å². The molecule has 2 saturated carbocycles. The highest BCUT2D eigenvalue weighted by molar-refractivity contribution is 5.85. The number of amides is 1. The SMILES string of the molecule is Cl.Cn1ccnc1C1CNCCN1C(=O)CC1CC2CCC1C2. The average Bonchev–Trinajstić information content (AvgIpc) is 3.24. The quantitative estimate of drug-likeness (QED) is 0.918. The molecule has 4 rings (SSSR count). The first kappa shape index (κ1) is 16.8. The van der Waals surface area contributed by atoms with E-state index < -0.39 is 0 Å². The number of imidazole rings is 1. The van der Waals surface area contributed by atoms with Gasteiger partial charge in [0.15, 0.2) is 0 Å². The Morgan fingerprint density at radius 1 is 1.39 bits per heavy atom. The van der Waals surface area contributed by atoms with Crippen molar-refractivity contribution in [1.82, 2.24) is 19.8 Å². The Hall–Kier alpha value is -1.07. The summed E-state index contributed by atoms with van der Waals surface area (Å²) in [5, 5.41) is 3.41. The second-order valence-corrected chi connectivity index (χ2v) is 7.34. The molecule has 4 atom stereocenters. The summed E-state index contributed by atoms with van der Waals surface area (Å²) in [7, 11) is 2.01. The molecule has 23 heavy (non-hydrogen) atoms. The predicted molar refractivity (Wildman–Crippen MR) is 91.3 cm³/mol. The molecule has 1 aromatic rings. The van der Waals surface area contributed by atoms with Crippen molar-refractivity contribution < 1.29 is 4.79 Å². The second-order valence-electron chi connectivity index (χ2n) is 7.34. The van der Waals surface area contributed by atoms with Gasteiger partial charge >= 0.3 is 0 Å². The number of aryl methyl sites for hydroxylation is 1. The van der Waals surface area contributed by atoms with Crippen molar-refractivity contribution in [2.45, 2.75) is 38.1 Å². The number of aromatic nitrogens is 2. The molecule has 5 nitrogen and oxygen atoms in total. The molecule has 128 valence electrons. The summed E-state index contributed by atoms with van der Waals surface area (Å²) in [4.78, 5) is 19.5. The van der Waals surface area contributed by atoms with Gasteiger partial charge in [0.2, 0.25) is 5.91 Å². The maximum atomic E-state index is 12.9. The lowest BCUT2D eigenvalue weighted by atomic mass is 9.86. The lowest BCUT2D eigenvalue weighted by Crippen LogP contribution is -2.49. The second kappa shape index (κ2) is 6.81. The summed E-state index contributed by atoms with van der Waals surface area (Å²) in [5.41, 5.74) is 0. The Morgan fingerprint density at radius 2 is 2.26 bits per heavy atom.